The van der Waals surface area contributed by atoms with Gasteiger partial charge in [0.15, 0.2) is 0 Å². The number of hydrogen-bond acceptors (Lipinski definition) is 3. The molecule has 3 heteroatoms. The molecule has 20 heavy (non-hydrogen) atoms. The molecule has 1 heterocycles. The summed E-state index contributed by atoms with van der Waals surface area (Å²) in [7, 11) is 0. The Balaban J connectivity index is 1.69. The molecule has 3 rings (SSSR count). The molecule has 0 bridgehead atoms. The van der Waals surface area contributed by atoms with Gasteiger partial charge in [0.05, 0.1) is 0 Å². The molecule has 2 unspecified atom stereocenters. The Bertz CT molecular complexity index is 428. The van der Waals surface area contributed by atoms with Crippen molar-refractivity contribution in [1.29, 1.82) is 0 Å². The third-order valence-corrected chi connectivity index (χ3v) is 4.72. The molecule has 1 aromatic rings. The van der Waals surface area contributed by atoms with E-state index in [2.05, 4.69) is 47.9 Å². The third kappa shape index (κ3) is 3.05. The largest absolute Gasteiger partial charge is 0.326 e. The Kier molecular flexibility index (Phi) is 4.11. The van der Waals surface area contributed by atoms with Crippen molar-refractivity contribution in [2.24, 2.45) is 5.73 Å². The van der Waals surface area contributed by atoms with Crippen molar-refractivity contribution >= 4 is 0 Å². The normalized spacial score (nSPS) is 24.6. The number of benzene rings is 1. The van der Waals surface area contributed by atoms with Gasteiger partial charge in [-0.2, -0.15) is 0 Å². The van der Waals surface area contributed by atoms with Crippen molar-refractivity contribution < 1.29 is 0 Å². The van der Waals surface area contributed by atoms with Crippen molar-refractivity contribution in [2.45, 2.75) is 44.8 Å². The van der Waals surface area contributed by atoms with Gasteiger partial charge in [-0.15, -0.1) is 0 Å². The first kappa shape index (κ1) is 14.1. The zero-order valence-corrected chi connectivity index (χ0v) is 12.8. The Labute approximate surface area is 122 Å². The Hall–Kier alpha value is -0.900. The maximum absolute atomic E-state index is 6.29. The molecule has 2 fully saturated rings. The lowest BCUT2D eigenvalue weighted by atomic mass is 9.97. The summed E-state index contributed by atoms with van der Waals surface area (Å²) in [6, 6.07) is 10.3. The molecule has 0 radical (unpaired) electrons. The highest BCUT2D eigenvalue weighted by Crippen LogP contribution is 2.30. The molecule has 1 aliphatic heterocycles. The van der Waals surface area contributed by atoms with Gasteiger partial charge in [-0.25, -0.2) is 0 Å². The minimum atomic E-state index is 0.171. The minimum absolute atomic E-state index is 0.171. The maximum Gasteiger partial charge on any atom is 0.0497 e. The summed E-state index contributed by atoms with van der Waals surface area (Å²) in [5.74, 6) is 0. The van der Waals surface area contributed by atoms with Crippen LogP contribution in [-0.2, 0) is 0 Å². The van der Waals surface area contributed by atoms with E-state index in [-0.39, 0.29) is 6.04 Å². The number of piperazine rings is 1. The van der Waals surface area contributed by atoms with Crippen LogP contribution < -0.4 is 5.73 Å². The van der Waals surface area contributed by atoms with Crippen LogP contribution in [0.2, 0.25) is 0 Å². The maximum atomic E-state index is 6.29. The van der Waals surface area contributed by atoms with Crippen LogP contribution in [0.5, 0.6) is 0 Å². The van der Waals surface area contributed by atoms with Crippen LogP contribution in [0.4, 0.5) is 0 Å². The van der Waals surface area contributed by atoms with E-state index in [0.29, 0.717) is 6.04 Å². The Morgan fingerprint density at radius 1 is 1.05 bits per heavy atom. The molecular weight excluding hydrogens is 246 g/mol. The van der Waals surface area contributed by atoms with Gasteiger partial charge in [-0.3, -0.25) is 9.80 Å². The molecule has 3 nitrogen and oxygen atoms in total. The highest BCUT2D eigenvalue weighted by Gasteiger charge is 2.33. The molecule has 1 aromatic carbocycles. The summed E-state index contributed by atoms with van der Waals surface area (Å²) in [6.07, 6.45) is 2.82. The lowest BCUT2D eigenvalue weighted by Crippen LogP contribution is -2.51. The highest BCUT2D eigenvalue weighted by atomic mass is 15.3. The second-order valence-corrected chi connectivity index (χ2v) is 6.52. The summed E-state index contributed by atoms with van der Waals surface area (Å²) in [4.78, 5) is 5.23. The van der Waals surface area contributed by atoms with Crippen LogP contribution in [0, 0.1) is 6.92 Å². The van der Waals surface area contributed by atoms with Gasteiger partial charge in [0, 0.05) is 44.3 Å². The second kappa shape index (κ2) is 5.84. The molecule has 0 aromatic heterocycles. The van der Waals surface area contributed by atoms with Crippen molar-refractivity contribution in [2.75, 3.05) is 26.2 Å². The summed E-state index contributed by atoms with van der Waals surface area (Å²) in [5, 5.41) is 0. The molecule has 2 atom stereocenters. The first-order valence-corrected chi connectivity index (χ1v) is 7.95. The molecule has 1 aliphatic carbocycles. The standard InChI is InChI=1S/C17H27N3/c1-13-3-5-15(6-4-13)17(14(2)18)20-11-9-19(10-12-20)16-7-8-16/h3-6,14,16-17H,7-12,18H2,1-2H3. The quantitative estimate of drug-likeness (QED) is 0.912. The molecule has 0 spiro atoms. The van der Waals surface area contributed by atoms with Gasteiger partial charge in [-0.05, 0) is 32.3 Å². The van der Waals surface area contributed by atoms with Crippen LogP contribution >= 0.6 is 0 Å². The molecule has 2 aliphatic rings. The van der Waals surface area contributed by atoms with Gasteiger partial charge in [0.2, 0.25) is 0 Å². The van der Waals surface area contributed by atoms with Crippen LogP contribution in [-0.4, -0.2) is 48.1 Å². The average molecular weight is 273 g/mol. The number of rotatable bonds is 4. The second-order valence-electron chi connectivity index (χ2n) is 6.52. The highest BCUT2D eigenvalue weighted by molar-refractivity contribution is 5.25. The van der Waals surface area contributed by atoms with E-state index < -0.39 is 0 Å². The number of nitrogens with two attached hydrogens (primary N) is 1. The summed E-state index contributed by atoms with van der Waals surface area (Å²) in [6.45, 7) is 8.99. The predicted molar refractivity (Wildman–Crippen MR) is 83.7 cm³/mol. The lowest BCUT2D eigenvalue weighted by Gasteiger charge is -2.41. The zero-order valence-electron chi connectivity index (χ0n) is 12.8. The van der Waals surface area contributed by atoms with E-state index in [0.717, 1.165) is 19.1 Å². The minimum Gasteiger partial charge on any atom is -0.326 e. The van der Waals surface area contributed by atoms with E-state index >= 15 is 0 Å². The van der Waals surface area contributed by atoms with E-state index in [9.17, 15) is 0 Å². The zero-order chi connectivity index (χ0) is 14.1. The van der Waals surface area contributed by atoms with Crippen molar-refractivity contribution in [3.05, 3.63) is 35.4 Å². The van der Waals surface area contributed by atoms with E-state index in [1.54, 1.807) is 0 Å². The van der Waals surface area contributed by atoms with Crippen LogP contribution in [0.3, 0.4) is 0 Å². The first-order chi connectivity index (χ1) is 9.65. The van der Waals surface area contributed by atoms with Crippen LogP contribution in [0.25, 0.3) is 0 Å². The van der Waals surface area contributed by atoms with Crippen molar-refractivity contribution in [1.82, 2.24) is 9.80 Å². The molecule has 1 saturated heterocycles. The lowest BCUT2D eigenvalue weighted by molar-refractivity contribution is 0.0826. The first-order valence-electron chi connectivity index (χ1n) is 7.95. The summed E-state index contributed by atoms with van der Waals surface area (Å²) < 4.78 is 0. The summed E-state index contributed by atoms with van der Waals surface area (Å²) in [5.41, 5.74) is 8.97. The van der Waals surface area contributed by atoms with Crippen molar-refractivity contribution in [3.63, 3.8) is 0 Å². The van der Waals surface area contributed by atoms with E-state index in [4.69, 9.17) is 5.73 Å². The fourth-order valence-electron chi connectivity index (χ4n) is 3.43. The van der Waals surface area contributed by atoms with E-state index in [1.807, 2.05) is 0 Å². The van der Waals surface area contributed by atoms with Crippen LogP contribution in [0.15, 0.2) is 24.3 Å². The fraction of sp³-hybridized carbons (Fsp3) is 0.647. The fourth-order valence-corrected chi connectivity index (χ4v) is 3.43. The molecule has 0 amide bonds. The van der Waals surface area contributed by atoms with Gasteiger partial charge in [0.1, 0.15) is 0 Å². The molecular formula is C17H27N3. The third-order valence-electron chi connectivity index (χ3n) is 4.72. The molecule has 1 saturated carbocycles. The number of hydrogen-bond donors (Lipinski definition) is 1. The predicted octanol–water partition coefficient (Wildman–Crippen LogP) is 2.16. The van der Waals surface area contributed by atoms with Gasteiger partial charge < -0.3 is 5.73 Å². The summed E-state index contributed by atoms with van der Waals surface area (Å²) >= 11 is 0. The van der Waals surface area contributed by atoms with Gasteiger partial charge in [-0.1, -0.05) is 29.8 Å². The Morgan fingerprint density at radius 3 is 2.15 bits per heavy atom. The van der Waals surface area contributed by atoms with E-state index in [1.165, 1.54) is 37.1 Å². The average Bonchev–Trinajstić information content (AvgIpc) is 3.26. The van der Waals surface area contributed by atoms with Crippen molar-refractivity contribution in [3.8, 4) is 0 Å². The monoisotopic (exact) mass is 273 g/mol. The van der Waals surface area contributed by atoms with Gasteiger partial charge in [0.25, 0.3) is 0 Å². The van der Waals surface area contributed by atoms with Crippen LogP contribution in [0.1, 0.15) is 36.9 Å². The molecule has 2 N–H and O–H groups in total. The Morgan fingerprint density at radius 2 is 1.65 bits per heavy atom. The smallest absolute Gasteiger partial charge is 0.0497 e. The topological polar surface area (TPSA) is 32.5 Å². The number of nitrogens with zero attached hydrogens (tertiary/aromatic N) is 2. The SMILES string of the molecule is Cc1ccc(C(C(C)N)N2CCN(C3CC3)CC2)cc1. The van der Waals surface area contributed by atoms with Gasteiger partial charge >= 0.3 is 0 Å². The molecule has 110 valence electrons. The number of aryl methyl sites for hydroxylation is 1.